The van der Waals surface area contributed by atoms with Crippen LogP contribution in [0.5, 0.6) is 0 Å². The summed E-state index contributed by atoms with van der Waals surface area (Å²) in [4.78, 5) is 32.5. The van der Waals surface area contributed by atoms with E-state index < -0.39 is 5.66 Å². The van der Waals surface area contributed by atoms with Gasteiger partial charge < -0.3 is 16.0 Å². The van der Waals surface area contributed by atoms with Gasteiger partial charge in [-0.15, -0.1) is 11.3 Å². The van der Waals surface area contributed by atoms with Crippen molar-refractivity contribution in [3.05, 3.63) is 70.6 Å². The molecule has 5 rings (SSSR count). The first-order chi connectivity index (χ1) is 22.5. The van der Waals surface area contributed by atoms with Crippen molar-refractivity contribution >= 4 is 46.2 Å². The summed E-state index contributed by atoms with van der Waals surface area (Å²) >= 11 is 1.71. The third-order valence-corrected chi connectivity index (χ3v) is 10.3. The maximum absolute atomic E-state index is 14.5. The number of nitrogens with two attached hydrogens (primary N) is 2. The lowest BCUT2D eigenvalue weighted by Gasteiger charge is -2.47. The molecule has 2 amide bonds. The van der Waals surface area contributed by atoms with Crippen molar-refractivity contribution in [2.45, 2.75) is 97.7 Å². The Labute approximate surface area is 285 Å². The lowest BCUT2D eigenvalue weighted by Crippen LogP contribution is -2.51. The van der Waals surface area contributed by atoms with E-state index in [1.165, 1.54) is 34.1 Å². The Morgan fingerprint density at radius 3 is 2.34 bits per heavy atom. The second-order valence-electron chi connectivity index (χ2n) is 13.5. The van der Waals surface area contributed by atoms with Crippen LogP contribution in [0.3, 0.4) is 0 Å². The normalized spacial score (nSPS) is 19.6. The van der Waals surface area contributed by atoms with Gasteiger partial charge in [0.05, 0.1) is 10.9 Å². The van der Waals surface area contributed by atoms with Crippen LogP contribution < -0.4 is 22.4 Å². The molecule has 6 N–H and O–H groups in total. The van der Waals surface area contributed by atoms with Gasteiger partial charge in [-0.2, -0.15) is 5.10 Å². The summed E-state index contributed by atoms with van der Waals surface area (Å²) in [6.45, 7) is 15.5. The van der Waals surface area contributed by atoms with Crippen molar-refractivity contribution in [2.24, 2.45) is 33.0 Å². The van der Waals surface area contributed by atoms with Crippen LogP contribution in [-0.4, -0.2) is 48.4 Å². The molecule has 47 heavy (non-hydrogen) atoms. The molecule has 2 aliphatic rings. The summed E-state index contributed by atoms with van der Waals surface area (Å²) in [5, 5.41) is 6.60. The van der Waals surface area contributed by atoms with Crippen LogP contribution in [0, 0.1) is 18.3 Å². The molecule has 0 radical (unpaired) electrons. The number of aliphatic imine (C=N–C) groups is 1. The van der Waals surface area contributed by atoms with Crippen molar-refractivity contribution in [1.82, 2.24) is 15.8 Å². The number of carbonyl (C=O) groups is 2. The maximum Gasteiger partial charge on any atom is 0.276 e. The molecule has 1 saturated carbocycles. The number of fused-ring (bicyclic) bond motifs is 1. The highest BCUT2D eigenvalue weighted by molar-refractivity contribution is 7.21. The van der Waals surface area contributed by atoms with Crippen LogP contribution in [0.4, 0.5) is 0 Å². The molecule has 256 valence electrons. The van der Waals surface area contributed by atoms with Crippen LogP contribution in [-0.2, 0) is 9.59 Å². The standard InChI is InChI=1S/C33H42N2OS.C3H8N2O.CH5N3/c1-6-7-8-12-27(24-16-14-23(2)15-17-24)35-31(36)30(29-22-25-11-9-10-13-28(25)37-29)34-33(35)20-18-26(19-21-33)32(3,4)5;4-1-2-5-3-6;1-3-4-2/h9-11,13-17,22,26-27H,6-8,12,18-21H2,1-5H3;3H,1-2,4H2,(H,5,6);4H,1-2H2. The molecule has 2 heterocycles. The number of aryl methyl sites for hydroxylation is 1. The van der Waals surface area contributed by atoms with E-state index >= 15 is 0 Å². The molecule has 2 aromatic carbocycles. The minimum atomic E-state index is -0.438. The number of carbonyl (C=O) groups excluding carboxylic acids is 2. The van der Waals surface area contributed by atoms with Crippen molar-refractivity contribution in [3.63, 3.8) is 0 Å². The van der Waals surface area contributed by atoms with Gasteiger partial charge in [-0.1, -0.05) is 95.0 Å². The number of hydrogen-bond acceptors (Lipinski definition) is 8. The smallest absolute Gasteiger partial charge is 0.276 e. The van der Waals surface area contributed by atoms with Gasteiger partial charge in [0.2, 0.25) is 6.41 Å². The Morgan fingerprint density at radius 1 is 1.15 bits per heavy atom. The average Bonchev–Trinajstić information content (AvgIpc) is 3.61. The lowest BCUT2D eigenvalue weighted by molar-refractivity contribution is -0.133. The number of nitrogens with zero attached hydrogens (tertiary/aromatic N) is 3. The van der Waals surface area contributed by atoms with Gasteiger partial charge in [0.25, 0.3) is 5.91 Å². The summed E-state index contributed by atoms with van der Waals surface area (Å²) < 4.78 is 1.22. The number of hydrogen-bond donors (Lipinski definition) is 4. The third kappa shape index (κ3) is 9.95. The van der Waals surface area contributed by atoms with Gasteiger partial charge in [-0.25, -0.2) is 16.4 Å². The summed E-state index contributed by atoms with van der Waals surface area (Å²) in [5.74, 6) is 5.34. The molecule has 0 saturated heterocycles. The largest absolute Gasteiger partial charge is 0.357 e. The average molecular weight is 662 g/mol. The summed E-state index contributed by atoms with van der Waals surface area (Å²) in [6, 6.07) is 19.5. The molecule has 1 aliphatic carbocycles. The topological polar surface area (TPSA) is 138 Å². The van der Waals surface area contributed by atoms with Gasteiger partial charge in [0.1, 0.15) is 11.4 Å². The Bertz CT molecular complexity index is 1420. The summed E-state index contributed by atoms with van der Waals surface area (Å²) in [6.07, 6.45) is 9.24. The second kappa shape index (κ2) is 18.1. The van der Waals surface area contributed by atoms with Crippen molar-refractivity contribution < 1.29 is 9.59 Å². The van der Waals surface area contributed by atoms with Crippen LogP contribution in [0.2, 0.25) is 0 Å². The number of thiophene rings is 1. The molecule has 1 atom stereocenters. The minimum Gasteiger partial charge on any atom is -0.357 e. The highest BCUT2D eigenvalue weighted by Gasteiger charge is 2.52. The number of unbranched alkanes of at least 4 members (excludes halogenated alkanes) is 2. The van der Waals surface area contributed by atoms with Gasteiger partial charge in [0.15, 0.2) is 0 Å². The maximum atomic E-state index is 14.5. The van der Waals surface area contributed by atoms with Crippen LogP contribution in [0.25, 0.3) is 10.1 Å². The van der Waals surface area contributed by atoms with Crippen LogP contribution >= 0.6 is 11.3 Å². The zero-order valence-corrected chi connectivity index (χ0v) is 29.7. The molecule has 0 bridgehead atoms. The lowest BCUT2D eigenvalue weighted by atomic mass is 9.69. The monoisotopic (exact) mass is 661 g/mol. The van der Waals surface area contributed by atoms with Gasteiger partial charge in [-0.05, 0) is 73.4 Å². The summed E-state index contributed by atoms with van der Waals surface area (Å²) in [5.41, 5.74) is 9.97. The molecular weight excluding hydrogens is 607 g/mol. The Hall–Kier alpha value is -3.60. The van der Waals surface area contributed by atoms with Crippen molar-refractivity contribution in [1.29, 1.82) is 0 Å². The first-order valence-corrected chi connectivity index (χ1v) is 17.6. The van der Waals surface area contributed by atoms with Gasteiger partial charge in [-0.3, -0.25) is 9.59 Å². The molecular formula is C37H55N7O2S. The molecule has 10 heteroatoms. The fourth-order valence-corrected chi connectivity index (χ4v) is 7.61. The van der Waals surface area contributed by atoms with E-state index in [9.17, 15) is 9.59 Å². The molecule has 1 aromatic heterocycles. The SMILES string of the molecule is C=NNN.CCCCCC(c1ccc(C)cc1)N1C(=O)C(c2cc3ccccc3s2)=NC12CCC(C(C)(C)C)CC2.NCCNC=O. The van der Waals surface area contributed by atoms with E-state index in [0.29, 0.717) is 31.1 Å². The predicted octanol–water partition coefficient (Wildman–Crippen LogP) is 6.85. The number of amides is 2. The number of hydrazine groups is 1. The van der Waals surface area contributed by atoms with E-state index in [4.69, 9.17) is 10.7 Å². The van der Waals surface area contributed by atoms with Crippen molar-refractivity contribution in [2.75, 3.05) is 13.1 Å². The molecule has 1 fully saturated rings. The first-order valence-electron chi connectivity index (χ1n) is 16.8. The zero-order valence-electron chi connectivity index (χ0n) is 28.9. The van der Waals surface area contributed by atoms with Crippen LogP contribution in [0.1, 0.15) is 101 Å². The summed E-state index contributed by atoms with van der Waals surface area (Å²) in [7, 11) is 0. The molecule has 1 unspecified atom stereocenters. The second-order valence-corrected chi connectivity index (χ2v) is 14.6. The first kappa shape index (κ1) is 37.9. The van der Waals surface area contributed by atoms with E-state index in [1.54, 1.807) is 11.3 Å². The van der Waals surface area contributed by atoms with E-state index in [0.717, 1.165) is 43.4 Å². The zero-order chi connectivity index (χ0) is 34.5. The van der Waals surface area contributed by atoms with E-state index in [1.807, 2.05) is 5.53 Å². The number of benzene rings is 2. The number of rotatable bonds is 11. The highest BCUT2D eigenvalue weighted by atomic mass is 32.1. The number of nitrogens with one attached hydrogen (secondary N) is 2. The molecule has 9 nitrogen and oxygen atoms in total. The van der Waals surface area contributed by atoms with Crippen LogP contribution in [0.15, 0.2) is 64.7 Å². The van der Waals surface area contributed by atoms with Gasteiger partial charge >= 0.3 is 0 Å². The fourth-order valence-electron chi connectivity index (χ4n) is 6.57. The number of hydrazone groups is 1. The molecule has 1 spiro atoms. The Balaban J connectivity index is 0.000000526. The van der Waals surface area contributed by atoms with Crippen molar-refractivity contribution in [3.8, 4) is 0 Å². The fraction of sp³-hybridized carbons (Fsp3) is 0.514. The quantitative estimate of drug-likeness (QED) is 0.0585. The molecule has 1 aliphatic heterocycles. The molecule has 3 aromatic rings. The minimum absolute atomic E-state index is 0.0569. The van der Waals surface area contributed by atoms with E-state index in [2.05, 4.69) is 117 Å². The Kier molecular flexibility index (Phi) is 14.6. The Morgan fingerprint density at radius 2 is 1.81 bits per heavy atom. The third-order valence-electron chi connectivity index (χ3n) is 9.18. The van der Waals surface area contributed by atoms with E-state index in [-0.39, 0.29) is 17.4 Å². The highest BCUT2D eigenvalue weighted by Crippen LogP contribution is 2.50. The van der Waals surface area contributed by atoms with Gasteiger partial charge in [0, 0.05) is 24.5 Å². The predicted molar refractivity (Wildman–Crippen MR) is 197 cm³/mol.